The van der Waals surface area contributed by atoms with E-state index in [4.69, 9.17) is 27.9 Å². The molecule has 0 aliphatic rings. The van der Waals surface area contributed by atoms with E-state index in [0.29, 0.717) is 10.0 Å². The van der Waals surface area contributed by atoms with Crippen molar-refractivity contribution < 1.29 is 4.74 Å². The Bertz CT molecular complexity index is 1510. The van der Waals surface area contributed by atoms with Gasteiger partial charge in [0.15, 0.2) is 0 Å². The summed E-state index contributed by atoms with van der Waals surface area (Å²) in [6.45, 7) is 0. The first-order chi connectivity index (χ1) is 20.2. The Morgan fingerprint density at radius 1 is 0.317 bits per heavy atom. The minimum Gasteiger partial charge on any atom is -0.340 e. The molecule has 6 aromatic rings. The number of benzene rings is 6. The van der Waals surface area contributed by atoms with E-state index in [1.807, 2.05) is 109 Å². The molecule has 0 radical (unpaired) electrons. The summed E-state index contributed by atoms with van der Waals surface area (Å²) in [4.78, 5) is 0. The third-order valence-corrected chi connectivity index (χ3v) is 8.19. The maximum absolute atomic E-state index is 7.94. The Morgan fingerprint density at radius 3 is 0.829 bits per heavy atom. The molecule has 0 spiro atoms. The average molecular weight is 572 g/mol. The average Bonchev–Trinajstić information content (AvgIpc) is 3.05. The van der Waals surface area contributed by atoms with Crippen molar-refractivity contribution in [1.82, 2.24) is 0 Å². The van der Waals surface area contributed by atoms with Crippen molar-refractivity contribution in [2.24, 2.45) is 0 Å². The molecule has 0 aliphatic heterocycles. The maximum atomic E-state index is 7.94. The molecule has 0 aromatic heterocycles. The lowest BCUT2D eigenvalue weighted by Gasteiger charge is -2.46. The molecule has 0 bridgehead atoms. The van der Waals surface area contributed by atoms with Crippen LogP contribution < -0.4 is 0 Å². The van der Waals surface area contributed by atoms with Gasteiger partial charge in [0, 0.05) is 21.2 Å². The molecular weight excluding hydrogens is 543 g/mol. The zero-order chi connectivity index (χ0) is 28.1. The van der Waals surface area contributed by atoms with E-state index in [0.717, 1.165) is 33.4 Å². The van der Waals surface area contributed by atoms with Crippen LogP contribution in [0, 0.1) is 0 Å². The number of ether oxygens (including phenoxy) is 1. The van der Waals surface area contributed by atoms with Gasteiger partial charge in [0.05, 0.1) is 0 Å². The number of halogens is 2. The number of hydrogen-bond acceptors (Lipinski definition) is 1. The molecule has 0 heterocycles. The Labute approximate surface area is 251 Å². The van der Waals surface area contributed by atoms with Gasteiger partial charge in [-0.3, -0.25) is 0 Å². The molecule has 0 atom stereocenters. The van der Waals surface area contributed by atoms with Crippen molar-refractivity contribution in [2.75, 3.05) is 0 Å². The Hall–Kier alpha value is -4.14. The molecular formula is C38H28Cl2O. The highest BCUT2D eigenvalue weighted by atomic mass is 35.5. The van der Waals surface area contributed by atoms with E-state index in [-0.39, 0.29) is 0 Å². The molecule has 0 fully saturated rings. The van der Waals surface area contributed by atoms with E-state index < -0.39 is 11.2 Å². The van der Waals surface area contributed by atoms with Gasteiger partial charge < -0.3 is 4.74 Å². The Morgan fingerprint density at radius 2 is 0.561 bits per heavy atom. The molecule has 3 heteroatoms. The molecule has 0 amide bonds. The second-order valence-corrected chi connectivity index (χ2v) is 10.7. The van der Waals surface area contributed by atoms with Crippen molar-refractivity contribution in [2.45, 2.75) is 11.2 Å². The zero-order valence-corrected chi connectivity index (χ0v) is 23.8. The SMILES string of the molecule is Clc1ccccc1C(OC(c1ccccc1)(c1ccccc1)c1ccccc1Cl)(c1ccccc1)c1ccccc1. The van der Waals surface area contributed by atoms with Gasteiger partial charge in [0.2, 0.25) is 0 Å². The molecule has 41 heavy (non-hydrogen) atoms. The highest BCUT2D eigenvalue weighted by Crippen LogP contribution is 2.53. The van der Waals surface area contributed by atoms with Crippen molar-refractivity contribution in [1.29, 1.82) is 0 Å². The molecule has 200 valence electrons. The second-order valence-electron chi connectivity index (χ2n) is 9.89. The van der Waals surface area contributed by atoms with Crippen LogP contribution in [0.15, 0.2) is 170 Å². The lowest BCUT2D eigenvalue weighted by Crippen LogP contribution is -2.44. The predicted molar refractivity (Wildman–Crippen MR) is 170 cm³/mol. The first kappa shape index (κ1) is 27.1. The molecule has 6 aromatic carbocycles. The quantitative estimate of drug-likeness (QED) is 0.165. The van der Waals surface area contributed by atoms with E-state index in [9.17, 15) is 0 Å². The summed E-state index contributed by atoms with van der Waals surface area (Å²) >= 11 is 14.2. The van der Waals surface area contributed by atoms with Crippen LogP contribution >= 0.6 is 23.2 Å². The van der Waals surface area contributed by atoms with Crippen LogP contribution in [0.4, 0.5) is 0 Å². The van der Waals surface area contributed by atoms with Crippen LogP contribution in [0.1, 0.15) is 33.4 Å². The van der Waals surface area contributed by atoms with Gasteiger partial charge in [0.1, 0.15) is 11.2 Å². The van der Waals surface area contributed by atoms with Crippen LogP contribution in [-0.2, 0) is 15.9 Å². The monoisotopic (exact) mass is 570 g/mol. The van der Waals surface area contributed by atoms with Gasteiger partial charge in [-0.2, -0.15) is 0 Å². The third kappa shape index (κ3) is 4.87. The highest BCUT2D eigenvalue weighted by Gasteiger charge is 2.50. The van der Waals surface area contributed by atoms with Gasteiger partial charge in [0.25, 0.3) is 0 Å². The van der Waals surface area contributed by atoms with Crippen molar-refractivity contribution in [3.63, 3.8) is 0 Å². The van der Waals surface area contributed by atoms with E-state index in [1.165, 1.54) is 0 Å². The van der Waals surface area contributed by atoms with Gasteiger partial charge in [-0.25, -0.2) is 0 Å². The molecule has 6 rings (SSSR count). The fourth-order valence-electron chi connectivity index (χ4n) is 5.72. The van der Waals surface area contributed by atoms with Crippen LogP contribution in [0.3, 0.4) is 0 Å². The first-order valence-corrected chi connectivity index (χ1v) is 14.3. The normalized spacial score (nSPS) is 11.8. The number of rotatable bonds is 8. The fraction of sp³-hybridized carbons (Fsp3) is 0.0526. The topological polar surface area (TPSA) is 9.23 Å². The standard InChI is InChI=1S/C38H28Cl2O/c39-35-27-15-13-25-33(35)37(29-17-5-1-6-18-29,30-19-7-2-8-20-30)41-38(31-21-9-3-10-22-31,32-23-11-4-12-24-32)34-26-14-16-28-36(34)40/h1-28H. The highest BCUT2D eigenvalue weighted by molar-refractivity contribution is 6.32. The van der Waals surface area contributed by atoms with Crippen molar-refractivity contribution >= 4 is 23.2 Å². The van der Waals surface area contributed by atoms with Crippen molar-refractivity contribution in [3.05, 3.63) is 213 Å². The van der Waals surface area contributed by atoms with Gasteiger partial charge in [-0.1, -0.05) is 181 Å². The molecule has 0 N–H and O–H groups in total. The van der Waals surface area contributed by atoms with Crippen LogP contribution in [0.5, 0.6) is 0 Å². The third-order valence-electron chi connectivity index (χ3n) is 7.53. The first-order valence-electron chi connectivity index (χ1n) is 13.6. The lowest BCUT2D eigenvalue weighted by atomic mass is 9.75. The van der Waals surface area contributed by atoms with E-state index >= 15 is 0 Å². The lowest BCUT2D eigenvalue weighted by molar-refractivity contribution is -0.0809. The maximum Gasteiger partial charge on any atom is 0.147 e. The summed E-state index contributed by atoms with van der Waals surface area (Å²) in [5.74, 6) is 0. The van der Waals surface area contributed by atoms with Crippen LogP contribution in [0.2, 0.25) is 10.0 Å². The van der Waals surface area contributed by atoms with Crippen LogP contribution in [-0.4, -0.2) is 0 Å². The van der Waals surface area contributed by atoms with Gasteiger partial charge in [-0.05, 0) is 34.4 Å². The summed E-state index contributed by atoms with van der Waals surface area (Å²) in [7, 11) is 0. The van der Waals surface area contributed by atoms with Gasteiger partial charge in [-0.15, -0.1) is 0 Å². The Balaban J connectivity index is 1.80. The molecule has 0 unspecified atom stereocenters. The largest absolute Gasteiger partial charge is 0.340 e. The summed E-state index contributed by atoms with van der Waals surface area (Å²) in [5, 5.41) is 1.21. The molecule has 0 saturated carbocycles. The summed E-state index contributed by atoms with van der Waals surface area (Å²) in [6.07, 6.45) is 0. The van der Waals surface area contributed by atoms with E-state index in [2.05, 4.69) is 60.7 Å². The number of hydrogen-bond donors (Lipinski definition) is 0. The van der Waals surface area contributed by atoms with Gasteiger partial charge >= 0.3 is 0 Å². The molecule has 0 saturated heterocycles. The zero-order valence-electron chi connectivity index (χ0n) is 22.3. The molecule has 1 nitrogen and oxygen atoms in total. The minimum absolute atomic E-state index is 0.606. The second kappa shape index (κ2) is 11.8. The fourth-order valence-corrected chi connectivity index (χ4v) is 6.25. The van der Waals surface area contributed by atoms with Crippen molar-refractivity contribution in [3.8, 4) is 0 Å². The summed E-state index contributed by atoms with van der Waals surface area (Å²) in [5.41, 5.74) is 3.19. The predicted octanol–water partition coefficient (Wildman–Crippen LogP) is 10.3. The summed E-state index contributed by atoms with van der Waals surface area (Å²) < 4.78 is 7.94. The Kier molecular flexibility index (Phi) is 7.76. The minimum atomic E-state index is -1.13. The summed E-state index contributed by atoms with van der Waals surface area (Å²) in [6, 6.07) is 57.0. The smallest absolute Gasteiger partial charge is 0.147 e. The molecule has 0 aliphatic carbocycles. The van der Waals surface area contributed by atoms with Crippen LogP contribution in [0.25, 0.3) is 0 Å². The van der Waals surface area contributed by atoms with E-state index in [1.54, 1.807) is 0 Å².